The summed E-state index contributed by atoms with van der Waals surface area (Å²) in [4.78, 5) is 16.2. The molecule has 0 saturated carbocycles. The van der Waals surface area contributed by atoms with Crippen molar-refractivity contribution in [2.24, 2.45) is 0 Å². The van der Waals surface area contributed by atoms with Crippen molar-refractivity contribution in [1.82, 2.24) is 4.90 Å². The van der Waals surface area contributed by atoms with Crippen LogP contribution >= 0.6 is 0 Å². The second-order valence-corrected chi connectivity index (χ2v) is 5.20. The number of urea groups is 1. The fraction of sp³-hybridized carbons (Fsp3) is 0.562. The van der Waals surface area contributed by atoms with Crippen LogP contribution in [0.1, 0.15) is 33.1 Å². The maximum absolute atomic E-state index is 12.0. The van der Waals surface area contributed by atoms with E-state index in [9.17, 15) is 4.79 Å². The van der Waals surface area contributed by atoms with Crippen molar-refractivity contribution in [3.63, 3.8) is 0 Å². The average Bonchev–Trinajstić information content (AvgIpc) is 2.50. The molecule has 110 valence electrons. The van der Waals surface area contributed by atoms with Gasteiger partial charge in [-0.15, -0.1) is 0 Å². The molecule has 1 aliphatic heterocycles. The molecule has 2 amide bonds. The number of nitrogens with one attached hydrogen (secondary N) is 1. The van der Waals surface area contributed by atoms with E-state index in [-0.39, 0.29) is 6.03 Å². The van der Waals surface area contributed by atoms with Crippen LogP contribution in [0.3, 0.4) is 0 Å². The molecule has 2 rings (SSSR count). The molecule has 0 atom stereocenters. The maximum atomic E-state index is 12.0. The molecular formula is C16H25N3O. The van der Waals surface area contributed by atoms with Gasteiger partial charge in [-0.05, 0) is 57.4 Å². The minimum Gasteiger partial charge on any atom is -0.372 e. The summed E-state index contributed by atoms with van der Waals surface area (Å²) < 4.78 is 0. The monoisotopic (exact) mass is 275 g/mol. The number of hydrogen-bond donors (Lipinski definition) is 1. The molecule has 1 aromatic carbocycles. The van der Waals surface area contributed by atoms with Crippen molar-refractivity contribution in [2.75, 3.05) is 36.4 Å². The van der Waals surface area contributed by atoms with Crippen LogP contribution in [0.5, 0.6) is 0 Å². The largest absolute Gasteiger partial charge is 0.372 e. The molecule has 0 bridgehead atoms. The van der Waals surface area contributed by atoms with Crippen molar-refractivity contribution in [2.45, 2.75) is 33.1 Å². The minimum atomic E-state index is -0.0271. The third-order valence-corrected chi connectivity index (χ3v) is 3.89. The van der Waals surface area contributed by atoms with Crippen LogP contribution in [0, 0.1) is 0 Å². The first-order valence-electron chi connectivity index (χ1n) is 7.65. The maximum Gasteiger partial charge on any atom is 0.321 e. The Hall–Kier alpha value is -1.71. The lowest BCUT2D eigenvalue weighted by atomic mass is 10.1. The Morgan fingerprint density at radius 3 is 2.25 bits per heavy atom. The molecule has 1 heterocycles. The second-order valence-electron chi connectivity index (χ2n) is 5.20. The highest BCUT2D eigenvalue weighted by Gasteiger charge is 2.12. The molecule has 1 aliphatic rings. The molecule has 1 aromatic rings. The molecular weight excluding hydrogens is 250 g/mol. The summed E-state index contributed by atoms with van der Waals surface area (Å²) in [7, 11) is 0. The van der Waals surface area contributed by atoms with Crippen LogP contribution in [0.25, 0.3) is 0 Å². The molecule has 20 heavy (non-hydrogen) atoms. The number of nitrogens with zero attached hydrogens (tertiary/aromatic N) is 2. The van der Waals surface area contributed by atoms with Crippen LogP contribution in [0.2, 0.25) is 0 Å². The van der Waals surface area contributed by atoms with E-state index in [4.69, 9.17) is 0 Å². The van der Waals surface area contributed by atoms with Crippen LogP contribution in [0.15, 0.2) is 24.3 Å². The third-order valence-electron chi connectivity index (χ3n) is 3.89. The lowest BCUT2D eigenvalue weighted by Gasteiger charge is -2.29. The summed E-state index contributed by atoms with van der Waals surface area (Å²) in [5, 5.41) is 2.94. The van der Waals surface area contributed by atoms with Crippen molar-refractivity contribution < 1.29 is 4.79 Å². The van der Waals surface area contributed by atoms with Gasteiger partial charge in [-0.25, -0.2) is 4.79 Å². The van der Waals surface area contributed by atoms with E-state index in [0.717, 1.165) is 31.9 Å². The minimum absolute atomic E-state index is 0.0271. The van der Waals surface area contributed by atoms with E-state index in [2.05, 4.69) is 22.3 Å². The SMILES string of the molecule is CCN(CC)C(=O)Nc1ccc(N2CCCCC2)cc1. The van der Waals surface area contributed by atoms with E-state index in [1.54, 1.807) is 4.90 Å². The van der Waals surface area contributed by atoms with Crippen LogP contribution in [-0.2, 0) is 0 Å². The molecule has 1 fully saturated rings. The van der Waals surface area contributed by atoms with E-state index in [1.165, 1.54) is 24.9 Å². The molecule has 1 saturated heterocycles. The number of rotatable bonds is 4. The molecule has 1 N–H and O–H groups in total. The Bertz CT molecular complexity index is 420. The predicted octanol–water partition coefficient (Wildman–Crippen LogP) is 3.55. The Morgan fingerprint density at radius 1 is 1.10 bits per heavy atom. The number of hydrogen-bond acceptors (Lipinski definition) is 2. The Labute approximate surface area is 121 Å². The standard InChI is InChI=1S/C16H25N3O/c1-3-18(4-2)16(20)17-14-8-10-15(11-9-14)19-12-6-5-7-13-19/h8-11H,3-7,12-13H2,1-2H3,(H,17,20). The van der Waals surface area contributed by atoms with Gasteiger partial charge in [-0.2, -0.15) is 0 Å². The molecule has 4 nitrogen and oxygen atoms in total. The van der Waals surface area contributed by atoms with Gasteiger partial charge in [0.2, 0.25) is 0 Å². The van der Waals surface area contributed by atoms with Gasteiger partial charge >= 0.3 is 6.03 Å². The predicted molar refractivity (Wildman–Crippen MR) is 84.4 cm³/mol. The molecule has 0 spiro atoms. The Morgan fingerprint density at radius 2 is 1.70 bits per heavy atom. The average molecular weight is 275 g/mol. The highest BCUT2D eigenvalue weighted by Crippen LogP contribution is 2.21. The number of carbonyl (C=O) groups is 1. The zero-order chi connectivity index (χ0) is 14.4. The van der Waals surface area contributed by atoms with Crippen molar-refractivity contribution in [3.8, 4) is 0 Å². The van der Waals surface area contributed by atoms with Crippen LogP contribution in [0.4, 0.5) is 16.2 Å². The zero-order valence-corrected chi connectivity index (χ0v) is 12.6. The Kier molecular flexibility index (Phi) is 5.27. The summed E-state index contributed by atoms with van der Waals surface area (Å²) >= 11 is 0. The van der Waals surface area contributed by atoms with Crippen LogP contribution < -0.4 is 10.2 Å². The highest BCUT2D eigenvalue weighted by molar-refractivity contribution is 5.89. The first-order chi connectivity index (χ1) is 9.74. The fourth-order valence-electron chi connectivity index (χ4n) is 2.62. The summed E-state index contributed by atoms with van der Waals surface area (Å²) in [5.74, 6) is 0. The van der Waals surface area contributed by atoms with E-state index in [1.807, 2.05) is 26.0 Å². The van der Waals surface area contributed by atoms with Gasteiger partial charge in [0.1, 0.15) is 0 Å². The highest BCUT2D eigenvalue weighted by atomic mass is 16.2. The second kappa shape index (κ2) is 7.17. The zero-order valence-electron chi connectivity index (χ0n) is 12.6. The molecule has 4 heteroatoms. The van der Waals surface area contributed by atoms with Crippen molar-refractivity contribution >= 4 is 17.4 Å². The molecule has 0 unspecified atom stereocenters. The first kappa shape index (κ1) is 14.7. The summed E-state index contributed by atoms with van der Waals surface area (Å²) in [6, 6.07) is 8.16. The summed E-state index contributed by atoms with van der Waals surface area (Å²) in [6.07, 6.45) is 3.90. The van der Waals surface area contributed by atoms with Gasteiger partial charge in [-0.1, -0.05) is 0 Å². The number of carbonyl (C=O) groups excluding carboxylic acids is 1. The lowest BCUT2D eigenvalue weighted by molar-refractivity contribution is 0.217. The Balaban J connectivity index is 1.95. The van der Waals surface area contributed by atoms with E-state index >= 15 is 0 Å². The van der Waals surface area contributed by atoms with Gasteiger partial charge in [0.15, 0.2) is 0 Å². The summed E-state index contributed by atoms with van der Waals surface area (Å²) in [6.45, 7) is 7.73. The smallest absolute Gasteiger partial charge is 0.321 e. The number of piperidine rings is 1. The number of benzene rings is 1. The van der Waals surface area contributed by atoms with Gasteiger partial charge < -0.3 is 15.1 Å². The third kappa shape index (κ3) is 3.65. The van der Waals surface area contributed by atoms with Crippen LogP contribution in [-0.4, -0.2) is 37.1 Å². The first-order valence-corrected chi connectivity index (χ1v) is 7.65. The number of amides is 2. The van der Waals surface area contributed by atoms with Crippen molar-refractivity contribution in [1.29, 1.82) is 0 Å². The van der Waals surface area contributed by atoms with Gasteiger partial charge in [0, 0.05) is 37.6 Å². The van der Waals surface area contributed by atoms with E-state index < -0.39 is 0 Å². The van der Waals surface area contributed by atoms with Crippen molar-refractivity contribution in [3.05, 3.63) is 24.3 Å². The van der Waals surface area contributed by atoms with Gasteiger partial charge in [0.05, 0.1) is 0 Å². The molecule has 0 aliphatic carbocycles. The fourth-order valence-corrected chi connectivity index (χ4v) is 2.62. The quantitative estimate of drug-likeness (QED) is 0.912. The molecule has 0 radical (unpaired) electrons. The summed E-state index contributed by atoms with van der Waals surface area (Å²) in [5.41, 5.74) is 2.12. The molecule has 0 aromatic heterocycles. The normalized spacial score (nSPS) is 15.0. The lowest BCUT2D eigenvalue weighted by Crippen LogP contribution is -2.34. The van der Waals surface area contributed by atoms with Gasteiger partial charge in [-0.3, -0.25) is 0 Å². The topological polar surface area (TPSA) is 35.6 Å². The number of anilines is 2. The van der Waals surface area contributed by atoms with Gasteiger partial charge in [0.25, 0.3) is 0 Å². The van der Waals surface area contributed by atoms with E-state index in [0.29, 0.717) is 0 Å².